The van der Waals surface area contributed by atoms with E-state index in [9.17, 15) is 4.79 Å². The lowest BCUT2D eigenvalue weighted by Crippen LogP contribution is -2.05. The molecule has 0 atom stereocenters. The van der Waals surface area contributed by atoms with Gasteiger partial charge < -0.3 is 13.9 Å². The molecule has 29 heavy (non-hydrogen) atoms. The van der Waals surface area contributed by atoms with Crippen molar-refractivity contribution in [2.24, 2.45) is 0 Å². The van der Waals surface area contributed by atoms with E-state index in [1.54, 1.807) is 18.2 Å². The molecule has 0 aliphatic heterocycles. The van der Waals surface area contributed by atoms with E-state index in [4.69, 9.17) is 13.9 Å². The third-order valence-corrected chi connectivity index (χ3v) is 4.65. The first-order valence-electron chi connectivity index (χ1n) is 9.66. The number of aryl methyl sites for hydroxylation is 2. The number of benzene rings is 3. The molecule has 0 fully saturated rings. The Morgan fingerprint density at radius 3 is 2.59 bits per heavy atom. The summed E-state index contributed by atoms with van der Waals surface area (Å²) in [7, 11) is 0. The van der Waals surface area contributed by atoms with Crippen molar-refractivity contribution in [3.8, 4) is 17.2 Å². The zero-order valence-corrected chi connectivity index (χ0v) is 16.3. The van der Waals surface area contributed by atoms with Crippen LogP contribution in [-0.2, 0) is 6.42 Å². The average Bonchev–Trinajstić information content (AvgIpc) is 2.74. The summed E-state index contributed by atoms with van der Waals surface area (Å²) in [4.78, 5) is 12.7. The van der Waals surface area contributed by atoms with Crippen LogP contribution in [0, 0.1) is 6.92 Å². The molecule has 1 heterocycles. The Kier molecular flexibility index (Phi) is 5.61. The van der Waals surface area contributed by atoms with Gasteiger partial charge in [-0.25, -0.2) is 0 Å². The maximum absolute atomic E-state index is 12.7. The van der Waals surface area contributed by atoms with Crippen LogP contribution in [0.15, 0.2) is 88.3 Å². The van der Waals surface area contributed by atoms with Crippen molar-refractivity contribution in [2.75, 3.05) is 6.61 Å². The second-order valence-corrected chi connectivity index (χ2v) is 6.94. The van der Waals surface area contributed by atoms with E-state index in [1.807, 2.05) is 49.4 Å². The zero-order chi connectivity index (χ0) is 20.1. The molecule has 0 spiro atoms. The Balaban J connectivity index is 1.43. The lowest BCUT2D eigenvalue weighted by Gasteiger charge is -2.08. The van der Waals surface area contributed by atoms with Crippen molar-refractivity contribution >= 4 is 11.0 Å². The first-order valence-corrected chi connectivity index (χ1v) is 9.66. The minimum absolute atomic E-state index is 0.166. The van der Waals surface area contributed by atoms with Crippen LogP contribution in [0.25, 0.3) is 11.0 Å². The van der Waals surface area contributed by atoms with E-state index in [0.29, 0.717) is 29.1 Å². The maximum Gasteiger partial charge on any atom is 0.235 e. The Morgan fingerprint density at radius 2 is 1.76 bits per heavy atom. The minimum Gasteiger partial charge on any atom is -0.493 e. The summed E-state index contributed by atoms with van der Waals surface area (Å²) >= 11 is 0. The molecule has 0 saturated carbocycles. The molecule has 0 bridgehead atoms. The Bertz CT molecular complexity index is 1160. The first-order chi connectivity index (χ1) is 14.2. The summed E-state index contributed by atoms with van der Waals surface area (Å²) < 4.78 is 17.2. The van der Waals surface area contributed by atoms with Gasteiger partial charge in [0.15, 0.2) is 0 Å². The monoisotopic (exact) mass is 386 g/mol. The van der Waals surface area contributed by atoms with Gasteiger partial charge in [0.05, 0.1) is 12.0 Å². The predicted octanol–water partition coefficient (Wildman–Crippen LogP) is 5.91. The van der Waals surface area contributed by atoms with Gasteiger partial charge in [-0.05, 0) is 55.2 Å². The molecule has 1 aromatic heterocycles. The molecule has 4 nitrogen and oxygen atoms in total. The molecule has 3 aromatic carbocycles. The smallest absolute Gasteiger partial charge is 0.235 e. The fourth-order valence-electron chi connectivity index (χ4n) is 3.17. The average molecular weight is 386 g/mol. The van der Waals surface area contributed by atoms with Gasteiger partial charge in [0, 0.05) is 6.07 Å². The third kappa shape index (κ3) is 4.66. The molecule has 4 aromatic rings. The molecule has 0 saturated heterocycles. The summed E-state index contributed by atoms with van der Waals surface area (Å²) in [5, 5.41) is 0.465. The maximum atomic E-state index is 12.7. The Labute approximate surface area is 169 Å². The molecule has 0 amide bonds. The second kappa shape index (κ2) is 8.65. The summed E-state index contributed by atoms with van der Waals surface area (Å²) in [5.74, 6) is 1.45. The van der Waals surface area contributed by atoms with E-state index >= 15 is 0 Å². The van der Waals surface area contributed by atoms with Crippen molar-refractivity contribution in [1.82, 2.24) is 0 Å². The van der Waals surface area contributed by atoms with Gasteiger partial charge in [-0.2, -0.15) is 0 Å². The van der Waals surface area contributed by atoms with Crippen LogP contribution in [-0.4, -0.2) is 6.61 Å². The van der Waals surface area contributed by atoms with E-state index in [2.05, 4.69) is 12.1 Å². The predicted molar refractivity (Wildman–Crippen MR) is 114 cm³/mol. The van der Waals surface area contributed by atoms with Gasteiger partial charge in [0.25, 0.3) is 0 Å². The lowest BCUT2D eigenvalue weighted by atomic mass is 10.1. The molecule has 4 rings (SSSR count). The van der Waals surface area contributed by atoms with Crippen molar-refractivity contribution in [1.29, 1.82) is 0 Å². The van der Waals surface area contributed by atoms with Crippen molar-refractivity contribution < 1.29 is 13.9 Å². The van der Waals surface area contributed by atoms with Crippen LogP contribution in [0.2, 0.25) is 0 Å². The van der Waals surface area contributed by atoms with Gasteiger partial charge in [-0.3, -0.25) is 4.79 Å². The Hall–Kier alpha value is -3.53. The standard InChI is InChI=1S/C25H22O4/c1-18-7-5-11-21(15-18)29-24-17-28-23-16-20(12-13-22(23)25(24)26)27-14-6-10-19-8-3-2-4-9-19/h2-5,7-9,11-13,15-17H,6,10,14H2,1H3. The highest BCUT2D eigenvalue weighted by Crippen LogP contribution is 2.24. The topological polar surface area (TPSA) is 48.7 Å². The van der Waals surface area contributed by atoms with E-state index < -0.39 is 0 Å². The number of hydrogen-bond acceptors (Lipinski definition) is 4. The highest BCUT2D eigenvalue weighted by molar-refractivity contribution is 5.79. The Morgan fingerprint density at radius 1 is 0.897 bits per heavy atom. The molecule has 0 unspecified atom stereocenters. The normalized spacial score (nSPS) is 10.8. The van der Waals surface area contributed by atoms with Crippen LogP contribution < -0.4 is 14.9 Å². The molecule has 4 heteroatoms. The molecular formula is C25H22O4. The number of hydrogen-bond donors (Lipinski definition) is 0. The van der Waals surface area contributed by atoms with Crippen molar-refractivity contribution in [2.45, 2.75) is 19.8 Å². The van der Waals surface area contributed by atoms with Crippen molar-refractivity contribution in [3.63, 3.8) is 0 Å². The highest BCUT2D eigenvalue weighted by atomic mass is 16.5. The molecule has 0 radical (unpaired) electrons. The molecule has 146 valence electrons. The number of fused-ring (bicyclic) bond motifs is 1. The van der Waals surface area contributed by atoms with Gasteiger partial charge in [0.2, 0.25) is 11.2 Å². The van der Waals surface area contributed by atoms with Gasteiger partial charge in [-0.15, -0.1) is 0 Å². The van der Waals surface area contributed by atoms with E-state index in [1.165, 1.54) is 11.8 Å². The van der Waals surface area contributed by atoms with Crippen LogP contribution in [0.5, 0.6) is 17.2 Å². The number of ether oxygens (including phenoxy) is 2. The fraction of sp³-hybridized carbons (Fsp3) is 0.160. The molecule has 0 aliphatic rings. The van der Waals surface area contributed by atoms with Crippen LogP contribution in [0.3, 0.4) is 0 Å². The minimum atomic E-state index is -0.205. The summed E-state index contributed by atoms with van der Waals surface area (Å²) in [6.45, 7) is 2.57. The summed E-state index contributed by atoms with van der Waals surface area (Å²) in [6, 6.07) is 23.1. The van der Waals surface area contributed by atoms with Crippen molar-refractivity contribution in [3.05, 3.63) is 100 Å². The SMILES string of the molecule is Cc1cccc(Oc2coc3cc(OCCCc4ccccc4)ccc3c2=O)c1. The molecule has 0 N–H and O–H groups in total. The quantitative estimate of drug-likeness (QED) is 0.371. The molecule has 0 aliphatic carbocycles. The molecular weight excluding hydrogens is 364 g/mol. The first kappa shape index (κ1) is 18.8. The largest absolute Gasteiger partial charge is 0.493 e. The van der Waals surface area contributed by atoms with E-state index in [-0.39, 0.29) is 11.2 Å². The van der Waals surface area contributed by atoms with Gasteiger partial charge >= 0.3 is 0 Å². The van der Waals surface area contributed by atoms with Gasteiger partial charge in [-0.1, -0.05) is 42.5 Å². The van der Waals surface area contributed by atoms with E-state index in [0.717, 1.165) is 18.4 Å². The lowest BCUT2D eigenvalue weighted by molar-refractivity contribution is 0.311. The van der Waals surface area contributed by atoms with Crippen LogP contribution >= 0.6 is 0 Å². The number of rotatable bonds is 7. The summed E-state index contributed by atoms with van der Waals surface area (Å²) in [6.07, 6.45) is 3.23. The zero-order valence-electron chi connectivity index (χ0n) is 16.3. The van der Waals surface area contributed by atoms with Crippen LogP contribution in [0.1, 0.15) is 17.5 Å². The summed E-state index contributed by atoms with van der Waals surface area (Å²) in [5.41, 5.74) is 2.62. The highest BCUT2D eigenvalue weighted by Gasteiger charge is 2.10. The van der Waals surface area contributed by atoms with Gasteiger partial charge in [0.1, 0.15) is 23.3 Å². The second-order valence-electron chi connectivity index (χ2n) is 6.94. The van der Waals surface area contributed by atoms with Crippen LogP contribution in [0.4, 0.5) is 0 Å². The third-order valence-electron chi connectivity index (χ3n) is 4.65. The fourth-order valence-corrected chi connectivity index (χ4v) is 3.17.